The van der Waals surface area contributed by atoms with E-state index in [-0.39, 0.29) is 5.78 Å². The molecule has 4 nitrogen and oxygen atoms in total. The zero-order valence-electron chi connectivity index (χ0n) is 17.8. The molecule has 0 radical (unpaired) electrons. The maximum atomic E-state index is 12.9. The molecule has 1 fully saturated rings. The monoisotopic (exact) mass is 459 g/mol. The molecular formula is C26H25N3OS2. The van der Waals surface area contributed by atoms with Gasteiger partial charge < -0.3 is 0 Å². The Bertz CT molecular complexity index is 1160. The number of carbonyl (C=O) groups excluding carboxylic acids is 1. The minimum atomic E-state index is 0.116. The van der Waals surface area contributed by atoms with E-state index in [1.54, 1.807) is 11.3 Å². The van der Waals surface area contributed by atoms with E-state index in [1.165, 1.54) is 49.4 Å². The third kappa shape index (κ3) is 4.57. The van der Waals surface area contributed by atoms with Crippen molar-refractivity contribution in [2.45, 2.75) is 43.2 Å². The molecule has 6 heteroatoms. The van der Waals surface area contributed by atoms with Gasteiger partial charge in [0, 0.05) is 11.3 Å². The first-order chi connectivity index (χ1) is 15.8. The predicted molar refractivity (Wildman–Crippen MR) is 132 cm³/mol. The van der Waals surface area contributed by atoms with E-state index in [9.17, 15) is 4.79 Å². The maximum Gasteiger partial charge on any atom is 0.196 e. The summed E-state index contributed by atoms with van der Waals surface area (Å²) < 4.78 is 2.04. The lowest BCUT2D eigenvalue weighted by Gasteiger charge is -2.22. The lowest BCUT2D eigenvalue weighted by Crippen LogP contribution is -2.07. The summed E-state index contributed by atoms with van der Waals surface area (Å²) in [5.74, 6) is 1.91. The van der Waals surface area contributed by atoms with E-state index in [0.29, 0.717) is 11.7 Å². The van der Waals surface area contributed by atoms with Gasteiger partial charge in [0.2, 0.25) is 0 Å². The fourth-order valence-corrected chi connectivity index (χ4v) is 5.87. The van der Waals surface area contributed by atoms with E-state index < -0.39 is 0 Å². The number of rotatable bonds is 7. The highest BCUT2D eigenvalue weighted by Crippen LogP contribution is 2.33. The number of thioether (sulfide) groups is 1. The molecule has 0 spiro atoms. The Labute approximate surface area is 196 Å². The molecule has 32 heavy (non-hydrogen) atoms. The number of thiophene rings is 1. The predicted octanol–water partition coefficient (Wildman–Crippen LogP) is 7.02. The van der Waals surface area contributed by atoms with Gasteiger partial charge in [-0.25, -0.2) is 0 Å². The average Bonchev–Trinajstić information content (AvgIpc) is 3.54. The Balaban J connectivity index is 1.33. The van der Waals surface area contributed by atoms with Crippen molar-refractivity contribution in [1.29, 1.82) is 0 Å². The molecule has 4 aromatic rings. The van der Waals surface area contributed by atoms with Crippen LogP contribution in [0.5, 0.6) is 0 Å². The van der Waals surface area contributed by atoms with Crippen LogP contribution < -0.4 is 0 Å². The van der Waals surface area contributed by atoms with Gasteiger partial charge in [0.05, 0.1) is 10.6 Å². The number of Topliss-reactive ketones (excluding diaryl/α,β-unsaturated/α-hetero) is 1. The van der Waals surface area contributed by atoms with E-state index in [0.717, 1.165) is 27.1 Å². The summed E-state index contributed by atoms with van der Waals surface area (Å²) in [5.41, 5.74) is 3.13. The minimum Gasteiger partial charge on any atom is -0.293 e. The molecule has 1 saturated carbocycles. The first-order valence-electron chi connectivity index (χ1n) is 11.1. The summed E-state index contributed by atoms with van der Waals surface area (Å²) >= 11 is 3.07. The molecule has 1 aliphatic carbocycles. The zero-order valence-corrected chi connectivity index (χ0v) is 19.4. The third-order valence-electron chi connectivity index (χ3n) is 6.03. The van der Waals surface area contributed by atoms with Crippen molar-refractivity contribution in [3.8, 4) is 16.4 Å². The van der Waals surface area contributed by atoms with Crippen LogP contribution in [0.3, 0.4) is 0 Å². The minimum absolute atomic E-state index is 0.116. The van der Waals surface area contributed by atoms with Crippen LogP contribution in [0, 0.1) is 0 Å². The quantitative estimate of drug-likeness (QED) is 0.220. The second kappa shape index (κ2) is 9.84. The SMILES string of the molecule is O=C(CSc1nnc(-c2cccs2)n1-c1ccccc1)c1ccc(C2CCCCC2)cc1. The summed E-state index contributed by atoms with van der Waals surface area (Å²) in [4.78, 5) is 14.0. The van der Waals surface area contributed by atoms with Crippen molar-refractivity contribution in [2.24, 2.45) is 0 Å². The third-order valence-corrected chi connectivity index (χ3v) is 7.83. The highest BCUT2D eigenvalue weighted by Gasteiger charge is 2.19. The number of para-hydroxylation sites is 1. The van der Waals surface area contributed by atoms with Gasteiger partial charge in [-0.3, -0.25) is 9.36 Å². The van der Waals surface area contributed by atoms with Crippen molar-refractivity contribution < 1.29 is 4.79 Å². The lowest BCUT2D eigenvalue weighted by atomic mass is 9.84. The van der Waals surface area contributed by atoms with Crippen LogP contribution in [0.25, 0.3) is 16.4 Å². The number of hydrogen-bond donors (Lipinski definition) is 0. The van der Waals surface area contributed by atoms with Crippen molar-refractivity contribution in [1.82, 2.24) is 14.8 Å². The van der Waals surface area contributed by atoms with E-state index in [4.69, 9.17) is 0 Å². The van der Waals surface area contributed by atoms with Crippen LogP contribution in [-0.4, -0.2) is 26.3 Å². The first kappa shape index (κ1) is 21.2. The van der Waals surface area contributed by atoms with Gasteiger partial charge in [0.1, 0.15) is 0 Å². The fourth-order valence-electron chi connectivity index (χ4n) is 4.33. The summed E-state index contributed by atoms with van der Waals surface area (Å²) in [6.45, 7) is 0. The Hall–Kier alpha value is -2.70. The van der Waals surface area contributed by atoms with E-state index >= 15 is 0 Å². The molecule has 2 aromatic carbocycles. The molecular weight excluding hydrogens is 434 g/mol. The number of benzene rings is 2. The van der Waals surface area contributed by atoms with Crippen molar-refractivity contribution in [3.63, 3.8) is 0 Å². The zero-order chi connectivity index (χ0) is 21.8. The molecule has 0 atom stereocenters. The molecule has 2 aromatic heterocycles. The van der Waals surface area contributed by atoms with Crippen molar-refractivity contribution in [2.75, 3.05) is 5.75 Å². The van der Waals surface area contributed by atoms with Gasteiger partial charge in [-0.15, -0.1) is 21.5 Å². The highest BCUT2D eigenvalue weighted by molar-refractivity contribution is 7.99. The summed E-state index contributed by atoms with van der Waals surface area (Å²) in [6.07, 6.45) is 6.52. The second-order valence-electron chi connectivity index (χ2n) is 8.12. The fraction of sp³-hybridized carbons (Fsp3) is 0.269. The van der Waals surface area contributed by atoms with E-state index in [2.05, 4.69) is 22.3 Å². The van der Waals surface area contributed by atoms with Crippen molar-refractivity contribution >= 4 is 28.9 Å². The van der Waals surface area contributed by atoms with Crippen LogP contribution in [0.1, 0.15) is 53.9 Å². The van der Waals surface area contributed by atoms with Crippen molar-refractivity contribution in [3.05, 3.63) is 83.2 Å². The van der Waals surface area contributed by atoms with Gasteiger partial charge in [-0.2, -0.15) is 0 Å². The number of ketones is 1. The normalized spacial score (nSPS) is 14.5. The molecule has 0 unspecified atom stereocenters. The largest absolute Gasteiger partial charge is 0.293 e. The van der Waals surface area contributed by atoms with E-state index in [1.807, 2.05) is 64.5 Å². The topological polar surface area (TPSA) is 47.8 Å². The molecule has 5 rings (SSSR count). The average molecular weight is 460 g/mol. The summed E-state index contributed by atoms with van der Waals surface area (Å²) in [5, 5.41) is 11.6. The molecule has 0 amide bonds. The number of carbonyl (C=O) groups is 1. The van der Waals surface area contributed by atoms with Gasteiger partial charge in [0.15, 0.2) is 16.8 Å². The maximum absolute atomic E-state index is 12.9. The van der Waals surface area contributed by atoms with Gasteiger partial charge in [0.25, 0.3) is 0 Å². The number of hydrogen-bond acceptors (Lipinski definition) is 5. The number of nitrogens with zero attached hydrogens (tertiary/aromatic N) is 3. The Morgan fingerprint density at radius 3 is 2.44 bits per heavy atom. The lowest BCUT2D eigenvalue weighted by molar-refractivity contribution is 0.102. The Kier molecular flexibility index (Phi) is 6.51. The van der Waals surface area contributed by atoms with Gasteiger partial charge in [-0.05, 0) is 47.9 Å². The summed E-state index contributed by atoms with van der Waals surface area (Å²) in [6, 6.07) is 22.4. The van der Waals surface area contributed by atoms with Crippen LogP contribution in [0.15, 0.2) is 77.3 Å². The van der Waals surface area contributed by atoms with Gasteiger partial charge in [-0.1, -0.05) is 79.6 Å². The summed E-state index contributed by atoms with van der Waals surface area (Å²) in [7, 11) is 0. The molecule has 0 N–H and O–H groups in total. The Morgan fingerprint density at radius 2 is 1.72 bits per heavy atom. The molecule has 162 valence electrons. The standard InChI is InChI=1S/C26H25N3OS2/c30-23(21-15-13-20(14-16-21)19-8-3-1-4-9-19)18-32-26-28-27-25(24-12-7-17-31-24)29(26)22-10-5-2-6-11-22/h2,5-7,10-17,19H,1,3-4,8-9,18H2. The molecule has 2 heterocycles. The molecule has 0 aliphatic heterocycles. The molecule has 0 saturated heterocycles. The van der Waals surface area contributed by atoms with Crippen LogP contribution in [0.2, 0.25) is 0 Å². The van der Waals surface area contributed by atoms with Gasteiger partial charge >= 0.3 is 0 Å². The smallest absolute Gasteiger partial charge is 0.196 e. The van der Waals surface area contributed by atoms with Crippen LogP contribution >= 0.6 is 23.1 Å². The molecule has 1 aliphatic rings. The van der Waals surface area contributed by atoms with Crippen LogP contribution in [0.4, 0.5) is 0 Å². The second-order valence-corrected chi connectivity index (χ2v) is 10.0. The number of aromatic nitrogens is 3. The highest BCUT2D eigenvalue weighted by atomic mass is 32.2. The van der Waals surface area contributed by atoms with Crippen LogP contribution in [-0.2, 0) is 0 Å². The first-order valence-corrected chi connectivity index (χ1v) is 13.0. The Morgan fingerprint density at radius 1 is 0.938 bits per heavy atom. The molecule has 0 bridgehead atoms.